The minimum Gasteiger partial charge on any atom is -0.364 e. The van der Waals surface area contributed by atoms with Crippen molar-refractivity contribution in [3.8, 4) is 0 Å². The van der Waals surface area contributed by atoms with Gasteiger partial charge in [-0.1, -0.05) is 28.1 Å². The number of fused-ring (bicyclic) bond motifs is 1. The molecule has 0 saturated carbocycles. The molecule has 0 aliphatic carbocycles. The zero-order valence-corrected chi connectivity index (χ0v) is 10.8. The molecule has 4 heteroatoms. The largest absolute Gasteiger partial charge is 0.364 e. The molecule has 0 saturated heterocycles. The summed E-state index contributed by atoms with van der Waals surface area (Å²) in [6.07, 6.45) is -1.19. The van der Waals surface area contributed by atoms with E-state index in [-0.39, 0.29) is 0 Å². The Kier molecular flexibility index (Phi) is 3.07. The van der Waals surface area contributed by atoms with Crippen LogP contribution in [-0.4, -0.2) is 16.9 Å². The van der Waals surface area contributed by atoms with Gasteiger partial charge in [0.25, 0.3) is 0 Å². The van der Waals surface area contributed by atoms with Gasteiger partial charge in [-0.05, 0) is 25.5 Å². The van der Waals surface area contributed by atoms with Crippen molar-refractivity contribution in [2.24, 2.45) is 0 Å². The predicted octanol–water partition coefficient (Wildman–Crippen LogP) is 3.13. The first kappa shape index (κ1) is 12.0. The van der Waals surface area contributed by atoms with Crippen molar-refractivity contribution in [2.45, 2.75) is 38.3 Å². The number of ether oxygens (including phenoxy) is 1. The van der Waals surface area contributed by atoms with Crippen LogP contribution in [0.25, 0.3) is 0 Å². The third-order valence-corrected chi connectivity index (χ3v) is 3.61. The van der Waals surface area contributed by atoms with Crippen LogP contribution in [0.2, 0.25) is 0 Å². The first-order chi connectivity index (χ1) is 7.39. The van der Waals surface area contributed by atoms with Gasteiger partial charge in [0.05, 0.1) is 6.10 Å². The third-order valence-electron chi connectivity index (χ3n) is 2.87. The summed E-state index contributed by atoms with van der Waals surface area (Å²) in [6.45, 7) is 2.93. The van der Waals surface area contributed by atoms with Crippen LogP contribution in [0.1, 0.15) is 31.3 Å². The summed E-state index contributed by atoms with van der Waals surface area (Å²) in [5.74, 6) is 0. The summed E-state index contributed by atoms with van der Waals surface area (Å²) in [7, 11) is 0. The molecule has 0 aromatic heterocycles. The predicted molar refractivity (Wildman–Crippen MR) is 62.9 cm³/mol. The molecule has 0 radical (unpaired) electrons. The van der Waals surface area contributed by atoms with E-state index in [0.717, 1.165) is 15.6 Å². The van der Waals surface area contributed by atoms with Gasteiger partial charge in [-0.2, -0.15) is 0 Å². The quantitative estimate of drug-likeness (QED) is 0.860. The highest BCUT2D eigenvalue weighted by Crippen LogP contribution is 2.37. The summed E-state index contributed by atoms with van der Waals surface area (Å²) in [6, 6.07) is 5.52. The van der Waals surface area contributed by atoms with E-state index < -0.39 is 18.1 Å². The Hall–Kier alpha value is -0.450. The normalized spacial score (nSPS) is 25.3. The molecule has 0 fully saturated rings. The smallest absolute Gasteiger partial charge is 0.181 e. The lowest BCUT2D eigenvalue weighted by atomic mass is 9.91. The Morgan fingerprint density at radius 3 is 2.81 bits per heavy atom. The lowest BCUT2D eigenvalue weighted by Crippen LogP contribution is -2.40. The highest BCUT2D eigenvalue weighted by atomic mass is 79.9. The molecule has 1 aliphatic heterocycles. The number of benzene rings is 1. The fourth-order valence-electron chi connectivity index (χ4n) is 1.89. The van der Waals surface area contributed by atoms with E-state index >= 15 is 0 Å². The Bertz CT molecular complexity index is 400. The van der Waals surface area contributed by atoms with Crippen molar-refractivity contribution >= 4 is 15.9 Å². The van der Waals surface area contributed by atoms with Crippen LogP contribution < -0.4 is 0 Å². The Labute approximate surface area is 103 Å². The highest BCUT2D eigenvalue weighted by Gasteiger charge is 2.37. The van der Waals surface area contributed by atoms with E-state index in [2.05, 4.69) is 15.9 Å². The van der Waals surface area contributed by atoms with E-state index in [1.165, 1.54) is 13.8 Å². The summed E-state index contributed by atoms with van der Waals surface area (Å²) in [5, 5.41) is 9.81. The van der Waals surface area contributed by atoms with Crippen LogP contribution in [0.4, 0.5) is 4.39 Å². The fraction of sp³-hybridized carbons (Fsp3) is 0.500. The Morgan fingerprint density at radius 1 is 1.50 bits per heavy atom. The minimum atomic E-state index is -1.46. The van der Waals surface area contributed by atoms with Crippen LogP contribution in [0.5, 0.6) is 0 Å². The number of hydrogen-bond donors (Lipinski definition) is 1. The fourth-order valence-corrected chi connectivity index (χ4v) is 2.43. The van der Waals surface area contributed by atoms with Crippen molar-refractivity contribution in [2.75, 3.05) is 0 Å². The van der Waals surface area contributed by atoms with Gasteiger partial charge in [-0.25, -0.2) is 4.39 Å². The highest BCUT2D eigenvalue weighted by molar-refractivity contribution is 9.10. The number of halogens is 2. The molecule has 0 bridgehead atoms. The lowest BCUT2D eigenvalue weighted by molar-refractivity contribution is -0.182. The second kappa shape index (κ2) is 4.09. The van der Waals surface area contributed by atoms with Gasteiger partial charge in [0.1, 0.15) is 5.67 Å². The van der Waals surface area contributed by atoms with E-state index in [9.17, 15) is 9.50 Å². The molecule has 2 atom stereocenters. The molecule has 2 nitrogen and oxygen atoms in total. The number of aliphatic hydroxyl groups is 1. The van der Waals surface area contributed by atoms with Crippen LogP contribution in [0.3, 0.4) is 0 Å². The molecule has 88 valence electrons. The molecule has 16 heavy (non-hydrogen) atoms. The van der Waals surface area contributed by atoms with Gasteiger partial charge in [0.15, 0.2) is 6.29 Å². The Balaban J connectivity index is 2.39. The number of hydrogen-bond acceptors (Lipinski definition) is 2. The maximum absolute atomic E-state index is 13.8. The number of aliphatic hydroxyl groups excluding tert-OH is 1. The van der Waals surface area contributed by atoms with Gasteiger partial charge in [-0.3, -0.25) is 0 Å². The van der Waals surface area contributed by atoms with Gasteiger partial charge in [-0.15, -0.1) is 0 Å². The van der Waals surface area contributed by atoms with E-state index in [1.807, 2.05) is 12.1 Å². The molecule has 2 rings (SSSR count). The zero-order chi connectivity index (χ0) is 11.9. The monoisotopic (exact) mass is 288 g/mol. The van der Waals surface area contributed by atoms with Crippen molar-refractivity contribution < 1.29 is 14.2 Å². The van der Waals surface area contributed by atoms with E-state index in [1.54, 1.807) is 6.07 Å². The van der Waals surface area contributed by atoms with Crippen LogP contribution in [0.15, 0.2) is 22.7 Å². The average molecular weight is 289 g/mol. The molecule has 1 heterocycles. The molecule has 2 unspecified atom stereocenters. The summed E-state index contributed by atoms with van der Waals surface area (Å²) < 4.78 is 20.0. The van der Waals surface area contributed by atoms with Crippen LogP contribution >= 0.6 is 15.9 Å². The van der Waals surface area contributed by atoms with Crippen LogP contribution in [0, 0.1) is 0 Å². The number of rotatable bonds is 1. The Morgan fingerprint density at radius 2 is 2.19 bits per heavy atom. The SMILES string of the molecule is CC(C)(F)C1Cc2c(Br)cccc2C(O)O1. The first-order valence-electron chi connectivity index (χ1n) is 5.19. The van der Waals surface area contributed by atoms with Gasteiger partial charge < -0.3 is 9.84 Å². The molecule has 1 N–H and O–H groups in total. The maximum atomic E-state index is 13.8. The molecule has 1 aliphatic rings. The van der Waals surface area contributed by atoms with Crippen molar-refractivity contribution in [1.29, 1.82) is 0 Å². The summed E-state index contributed by atoms with van der Waals surface area (Å²) >= 11 is 3.41. The van der Waals surface area contributed by atoms with Crippen molar-refractivity contribution in [3.63, 3.8) is 0 Å². The van der Waals surface area contributed by atoms with Crippen molar-refractivity contribution in [1.82, 2.24) is 0 Å². The maximum Gasteiger partial charge on any atom is 0.181 e. The molecule has 0 spiro atoms. The van der Waals surface area contributed by atoms with Gasteiger partial charge >= 0.3 is 0 Å². The standard InChI is InChI=1S/C12H14BrFO2/c1-12(2,14)10-6-8-7(11(15)16-10)4-3-5-9(8)13/h3-5,10-11,15H,6H2,1-2H3. The third kappa shape index (κ3) is 2.14. The van der Waals surface area contributed by atoms with E-state index in [4.69, 9.17) is 4.74 Å². The molecule has 1 aromatic rings. The van der Waals surface area contributed by atoms with Gasteiger partial charge in [0, 0.05) is 16.5 Å². The topological polar surface area (TPSA) is 29.5 Å². The second-order valence-corrected chi connectivity index (χ2v) is 5.41. The van der Waals surface area contributed by atoms with Crippen molar-refractivity contribution in [3.05, 3.63) is 33.8 Å². The molecular weight excluding hydrogens is 275 g/mol. The van der Waals surface area contributed by atoms with E-state index in [0.29, 0.717) is 6.42 Å². The first-order valence-corrected chi connectivity index (χ1v) is 5.98. The number of alkyl halides is 1. The average Bonchev–Trinajstić information content (AvgIpc) is 2.18. The van der Waals surface area contributed by atoms with Crippen LogP contribution in [-0.2, 0) is 11.2 Å². The van der Waals surface area contributed by atoms with Gasteiger partial charge in [0.2, 0.25) is 0 Å². The summed E-state index contributed by atoms with van der Waals surface area (Å²) in [5.41, 5.74) is 0.181. The molecule has 0 amide bonds. The molecule has 1 aromatic carbocycles. The molecular formula is C12H14BrFO2. The zero-order valence-electron chi connectivity index (χ0n) is 9.21. The lowest BCUT2D eigenvalue weighted by Gasteiger charge is -2.35. The summed E-state index contributed by atoms with van der Waals surface area (Å²) in [4.78, 5) is 0. The minimum absolute atomic E-state index is 0.470. The second-order valence-electron chi connectivity index (χ2n) is 4.55.